The molecule has 2 unspecified atom stereocenters. The molecule has 0 aromatic carbocycles. The summed E-state index contributed by atoms with van der Waals surface area (Å²) in [6, 6.07) is 0. The zero-order valence-electron chi connectivity index (χ0n) is 14.4. The first-order chi connectivity index (χ1) is 11.3. The summed E-state index contributed by atoms with van der Waals surface area (Å²) in [5.41, 5.74) is 9.38. The van der Waals surface area contributed by atoms with E-state index in [1.54, 1.807) is 0 Å². The molecule has 1 fully saturated rings. The third kappa shape index (κ3) is 3.70. The van der Waals surface area contributed by atoms with Crippen LogP contribution in [-0.4, -0.2) is 31.7 Å². The standard InChI is InChI=1S/C19H30N4/c1-20-22-19-16(11-8-13-21-19)18(15-9-4-3-5-10-15)17-12-6-7-14-23(17)2/h6-8,11-13,15,18-22H,3-5,9-10,14H2,1-2H3. The van der Waals surface area contributed by atoms with Gasteiger partial charge in [0.25, 0.3) is 0 Å². The van der Waals surface area contributed by atoms with E-state index in [0.717, 1.165) is 12.5 Å². The van der Waals surface area contributed by atoms with E-state index in [-0.39, 0.29) is 6.17 Å². The molecular weight excluding hydrogens is 284 g/mol. The molecule has 3 aliphatic rings. The van der Waals surface area contributed by atoms with Crippen LogP contribution in [0.15, 0.2) is 47.9 Å². The lowest BCUT2D eigenvalue weighted by Crippen LogP contribution is -2.51. The van der Waals surface area contributed by atoms with Crippen LogP contribution in [0.5, 0.6) is 0 Å². The molecule has 0 spiro atoms. The van der Waals surface area contributed by atoms with E-state index in [2.05, 4.69) is 58.5 Å². The number of hydrazine groups is 1. The molecule has 3 rings (SSSR count). The normalized spacial score (nSPS) is 26.5. The molecular formula is C19H30N4. The van der Waals surface area contributed by atoms with E-state index in [4.69, 9.17) is 0 Å². The number of allylic oxidation sites excluding steroid dienone is 5. The summed E-state index contributed by atoms with van der Waals surface area (Å²) < 4.78 is 0. The van der Waals surface area contributed by atoms with Crippen molar-refractivity contribution in [3.05, 3.63) is 47.9 Å². The monoisotopic (exact) mass is 314 g/mol. The average Bonchev–Trinajstić information content (AvgIpc) is 2.59. The fraction of sp³-hybridized carbons (Fsp3) is 0.579. The molecule has 2 aliphatic heterocycles. The zero-order chi connectivity index (χ0) is 16.1. The van der Waals surface area contributed by atoms with Gasteiger partial charge in [0.2, 0.25) is 0 Å². The molecule has 4 heteroatoms. The molecule has 0 aromatic rings. The number of likely N-dealkylation sites (N-methyl/N-ethyl adjacent to an activating group) is 1. The van der Waals surface area contributed by atoms with Gasteiger partial charge >= 0.3 is 0 Å². The summed E-state index contributed by atoms with van der Waals surface area (Å²) in [6.07, 6.45) is 20.2. The van der Waals surface area contributed by atoms with Crippen LogP contribution in [0.25, 0.3) is 0 Å². The number of nitrogens with zero attached hydrogens (tertiary/aromatic N) is 1. The smallest absolute Gasteiger partial charge is 0.112 e. The molecule has 4 nitrogen and oxygen atoms in total. The first-order valence-corrected chi connectivity index (χ1v) is 8.94. The topological polar surface area (TPSA) is 39.3 Å². The van der Waals surface area contributed by atoms with Crippen molar-refractivity contribution in [2.24, 2.45) is 11.8 Å². The fourth-order valence-corrected chi connectivity index (χ4v) is 4.17. The first kappa shape index (κ1) is 16.3. The minimum Gasteiger partial charge on any atom is -0.374 e. The van der Waals surface area contributed by atoms with E-state index in [1.165, 1.54) is 43.4 Å². The van der Waals surface area contributed by atoms with E-state index < -0.39 is 0 Å². The third-order valence-electron chi connectivity index (χ3n) is 5.29. The summed E-state index contributed by atoms with van der Waals surface area (Å²) >= 11 is 0. The summed E-state index contributed by atoms with van der Waals surface area (Å²) in [7, 11) is 4.15. The minimum absolute atomic E-state index is 0.150. The molecule has 1 aliphatic carbocycles. The molecule has 0 amide bonds. The van der Waals surface area contributed by atoms with Crippen molar-refractivity contribution >= 4 is 0 Å². The zero-order valence-corrected chi connectivity index (χ0v) is 14.4. The predicted molar refractivity (Wildman–Crippen MR) is 96.3 cm³/mol. The van der Waals surface area contributed by atoms with Crippen LogP contribution < -0.4 is 16.2 Å². The van der Waals surface area contributed by atoms with Crippen LogP contribution in [0.3, 0.4) is 0 Å². The largest absolute Gasteiger partial charge is 0.374 e. The van der Waals surface area contributed by atoms with Gasteiger partial charge in [0.05, 0.1) is 0 Å². The van der Waals surface area contributed by atoms with Gasteiger partial charge in [-0.1, -0.05) is 37.5 Å². The summed E-state index contributed by atoms with van der Waals surface area (Å²) in [4.78, 5) is 2.41. The quantitative estimate of drug-likeness (QED) is 0.682. The highest BCUT2D eigenvalue weighted by Crippen LogP contribution is 2.40. The van der Waals surface area contributed by atoms with Crippen LogP contribution in [0.4, 0.5) is 0 Å². The van der Waals surface area contributed by atoms with Gasteiger partial charge in [-0.25, -0.2) is 5.43 Å². The van der Waals surface area contributed by atoms with Crippen molar-refractivity contribution in [2.75, 3.05) is 20.6 Å². The number of dihydropyridines is 1. The predicted octanol–water partition coefficient (Wildman–Crippen LogP) is 2.66. The van der Waals surface area contributed by atoms with E-state index in [0.29, 0.717) is 5.92 Å². The average molecular weight is 314 g/mol. The molecule has 23 heavy (non-hydrogen) atoms. The van der Waals surface area contributed by atoms with Gasteiger partial charge in [0, 0.05) is 25.2 Å². The van der Waals surface area contributed by atoms with Crippen LogP contribution in [-0.2, 0) is 0 Å². The van der Waals surface area contributed by atoms with Gasteiger partial charge in [-0.3, -0.25) is 5.43 Å². The number of nitrogens with one attached hydrogen (secondary N) is 3. The van der Waals surface area contributed by atoms with Crippen LogP contribution in [0.2, 0.25) is 0 Å². The number of hydrogen-bond acceptors (Lipinski definition) is 4. The minimum atomic E-state index is 0.150. The Bertz CT molecular complexity index is 511. The van der Waals surface area contributed by atoms with E-state index >= 15 is 0 Å². The highest BCUT2D eigenvalue weighted by molar-refractivity contribution is 5.34. The molecule has 126 valence electrons. The van der Waals surface area contributed by atoms with Gasteiger partial charge < -0.3 is 10.2 Å². The Hall–Kier alpha value is -1.52. The molecule has 2 atom stereocenters. The van der Waals surface area contributed by atoms with Gasteiger partial charge in [0.1, 0.15) is 6.17 Å². The maximum atomic E-state index is 3.46. The van der Waals surface area contributed by atoms with Gasteiger partial charge in [-0.2, -0.15) is 0 Å². The van der Waals surface area contributed by atoms with Gasteiger partial charge in [0.15, 0.2) is 0 Å². The van der Waals surface area contributed by atoms with Crippen molar-refractivity contribution in [2.45, 2.75) is 38.3 Å². The Labute approximate surface area is 140 Å². The summed E-state index contributed by atoms with van der Waals surface area (Å²) in [5.74, 6) is 1.22. The lowest BCUT2D eigenvalue weighted by atomic mass is 9.73. The van der Waals surface area contributed by atoms with Crippen molar-refractivity contribution in [3.63, 3.8) is 0 Å². The van der Waals surface area contributed by atoms with Crippen molar-refractivity contribution in [3.8, 4) is 0 Å². The Balaban J connectivity index is 1.93. The van der Waals surface area contributed by atoms with Crippen molar-refractivity contribution < 1.29 is 0 Å². The second-order valence-electron chi connectivity index (χ2n) is 6.80. The Morgan fingerprint density at radius 2 is 2.00 bits per heavy atom. The molecule has 3 N–H and O–H groups in total. The summed E-state index contributed by atoms with van der Waals surface area (Å²) in [5, 5.41) is 3.46. The van der Waals surface area contributed by atoms with Gasteiger partial charge in [-0.15, -0.1) is 0 Å². The van der Waals surface area contributed by atoms with E-state index in [9.17, 15) is 0 Å². The lowest BCUT2D eigenvalue weighted by molar-refractivity contribution is 0.247. The second-order valence-corrected chi connectivity index (χ2v) is 6.80. The number of rotatable bonds is 5. The fourth-order valence-electron chi connectivity index (χ4n) is 4.17. The molecule has 2 heterocycles. The Morgan fingerprint density at radius 3 is 2.74 bits per heavy atom. The Kier molecular flexibility index (Phi) is 5.57. The lowest BCUT2D eigenvalue weighted by Gasteiger charge is -2.41. The first-order valence-electron chi connectivity index (χ1n) is 8.94. The van der Waals surface area contributed by atoms with Crippen LogP contribution in [0.1, 0.15) is 32.1 Å². The summed E-state index contributed by atoms with van der Waals surface area (Å²) in [6.45, 7) is 1.01. The van der Waals surface area contributed by atoms with Crippen molar-refractivity contribution in [1.82, 2.24) is 21.1 Å². The molecule has 0 radical (unpaired) electrons. The molecule has 0 bridgehead atoms. The van der Waals surface area contributed by atoms with Gasteiger partial charge in [-0.05, 0) is 49.7 Å². The van der Waals surface area contributed by atoms with Crippen molar-refractivity contribution in [1.29, 1.82) is 0 Å². The highest BCUT2D eigenvalue weighted by atomic mass is 15.4. The van der Waals surface area contributed by atoms with Crippen LogP contribution >= 0.6 is 0 Å². The van der Waals surface area contributed by atoms with E-state index in [1.807, 2.05) is 13.2 Å². The second kappa shape index (κ2) is 7.84. The molecule has 0 aromatic heterocycles. The maximum Gasteiger partial charge on any atom is 0.112 e. The maximum absolute atomic E-state index is 3.46. The SMILES string of the molecule is CNNC1NC=CC=C1C(C1=CC=CCN1C)C1CCCCC1. The third-order valence-corrected chi connectivity index (χ3v) is 5.29. The molecule has 1 saturated carbocycles. The number of hydrogen-bond donors (Lipinski definition) is 3. The molecule has 0 saturated heterocycles. The van der Waals surface area contributed by atoms with Crippen LogP contribution in [0, 0.1) is 11.8 Å². The highest BCUT2D eigenvalue weighted by Gasteiger charge is 2.34. The Morgan fingerprint density at radius 1 is 1.17 bits per heavy atom.